The fourth-order valence-corrected chi connectivity index (χ4v) is 4.50. The van der Waals surface area contributed by atoms with Crippen molar-refractivity contribution in [2.24, 2.45) is 11.8 Å². The van der Waals surface area contributed by atoms with E-state index in [9.17, 15) is 4.79 Å². The zero-order chi connectivity index (χ0) is 15.2. The van der Waals surface area contributed by atoms with Crippen LogP contribution in [-0.4, -0.2) is 49.6 Å². The molecule has 0 aromatic carbocycles. The Kier molecular flexibility index (Phi) is 6.13. The Morgan fingerprint density at radius 3 is 2.59 bits per heavy atom. The molecule has 2 heterocycles. The minimum absolute atomic E-state index is 0.0712. The second-order valence-corrected chi connectivity index (χ2v) is 7.67. The molecule has 2 aliphatic heterocycles. The lowest BCUT2D eigenvalue weighted by Crippen LogP contribution is -2.46. The Morgan fingerprint density at radius 2 is 1.82 bits per heavy atom. The van der Waals surface area contributed by atoms with Crippen molar-refractivity contribution in [3.8, 4) is 0 Å². The molecule has 0 bridgehead atoms. The second-order valence-electron chi connectivity index (χ2n) is 7.67. The van der Waals surface area contributed by atoms with Gasteiger partial charge in [0.25, 0.3) is 0 Å². The molecule has 22 heavy (non-hydrogen) atoms. The van der Waals surface area contributed by atoms with E-state index in [0.717, 1.165) is 31.8 Å². The van der Waals surface area contributed by atoms with Gasteiger partial charge < -0.3 is 15.5 Å². The van der Waals surface area contributed by atoms with Crippen LogP contribution in [0.5, 0.6) is 0 Å². The fraction of sp³-hybridized carbons (Fsp3) is 0.944. The number of carbonyl (C=O) groups excluding carboxylic acids is 1. The van der Waals surface area contributed by atoms with Gasteiger partial charge in [-0.05, 0) is 63.5 Å². The molecule has 3 fully saturated rings. The van der Waals surface area contributed by atoms with E-state index < -0.39 is 0 Å². The summed E-state index contributed by atoms with van der Waals surface area (Å²) < 4.78 is 0. The predicted molar refractivity (Wildman–Crippen MR) is 89.8 cm³/mol. The molecule has 4 heteroatoms. The molecule has 2 saturated heterocycles. The van der Waals surface area contributed by atoms with Gasteiger partial charge in [0, 0.05) is 19.6 Å². The molecule has 1 aliphatic carbocycles. The van der Waals surface area contributed by atoms with Crippen LogP contribution in [-0.2, 0) is 4.79 Å². The zero-order valence-corrected chi connectivity index (χ0v) is 14.0. The van der Waals surface area contributed by atoms with E-state index in [1.165, 1.54) is 64.6 Å². The summed E-state index contributed by atoms with van der Waals surface area (Å²) in [7, 11) is 0. The largest absolute Gasteiger partial charge is 0.354 e. The van der Waals surface area contributed by atoms with Crippen LogP contribution in [0.15, 0.2) is 0 Å². The van der Waals surface area contributed by atoms with Crippen molar-refractivity contribution in [3.05, 3.63) is 0 Å². The predicted octanol–water partition coefficient (Wildman–Crippen LogP) is 2.15. The number of hydrogen-bond donors (Lipinski definition) is 2. The SMILES string of the molecule is O=C(NC[C@H]1CCCN(CC2CCCCC2)C1)[C@H]1CCCN1. The number of piperidine rings is 1. The Balaban J connectivity index is 1.37. The van der Waals surface area contributed by atoms with Crippen LogP contribution in [0.3, 0.4) is 0 Å². The maximum atomic E-state index is 12.1. The molecule has 3 aliphatic rings. The first-order chi connectivity index (χ1) is 10.8. The lowest BCUT2D eigenvalue weighted by molar-refractivity contribution is -0.123. The fourth-order valence-electron chi connectivity index (χ4n) is 4.50. The van der Waals surface area contributed by atoms with Gasteiger partial charge in [-0.3, -0.25) is 4.79 Å². The Hall–Kier alpha value is -0.610. The van der Waals surface area contributed by atoms with Crippen LogP contribution in [0.25, 0.3) is 0 Å². The summed E-state index contributed by atoms with van der Waals surface area (Å²) in [4.78, 5) is 14.8. The van der Waals surface area contributed by atoms with Crippen molar-refractivity contribution in [1.82, 2.24) is 15.5 Å². The second kappa shape index (κ2) is 8.30. The van der Waals surface area contributed by atoms with E-state index in [1.807, 2.05) is 0 Å². The minimum Gasteiger partial charge on any atom is -0.354 e. The molecular weight excluding hydrogens is 274 g/mol. The highest BCUT2D eigenvalue weighted by Crippen LogP contribution is 2.26. The van der Waals surface area contributed by atoms with Crippen LogP contribution in [0.2, 0.25) is 0 Å². The van der Waals surface area contributed by atoms with Gasteiger partial charge in [-0.25, -0.2) is 0 Å². The van der Waals surface area contributed by atoms with E-state index in [4.69, 9.17) is 0 Å². The molecule has 0 aromatic rings. The van der Waals surface area contributed by atoms with Gasteiger partial charge in [0.15, 0.2) is 0 Å². The maximum Gasteiger partial charge on any atom is 0.237 e. The van der Waals surface area contributed by atoms with Crippen molar-refractivity contribution in [2.45, 2.75) is 63.8 Å². The van der Waals surface area contributed by atoms with Crippen molar-refractivity contribution in [1.29, 1.82) is 0 Å². The summed E-state index contributed by atoms with van der Waals surface area (Å²) in [6.07, 6.45) is 11.9. The third-order valence-electron chi connectivity index (χ3n) is 5.79. The summed E-state index contributed by atoms with van der Waals surface area (Å²) >= 11 is 0. The number of nitrogens with one attached hydrogen (secondary N) is 2. The average molecular weight is 307 g/mol. The van der Waals surface area contributed by atoms with Gasteiger partial charge >= 0.3 is 0 Å². The van der Waals surface area contributed by atoms with Gasteiger partial charge in [-0.2, -0.15) is 0 Å². The number of nitrogens with zero attached hydrogens (tertiary/aromatic N) is 1. The standard InChI is InChI=1S/C18H33N3O/c22-18(17-9-4-10-19-17)20-12-16-8-5-11-21(14-16)13-15-6-2-1-3-7-15/h15-17,19H,1-14H2,(H,20,22)/t16-,17-/m1/s1. The van der Waals surface area contributed by atoms with Gasteiger partial charge in [0.1, 0.15) is 0 Å². The lowest BCUT2D eigenvalue weighted by Gasteiger charge is -2.36. The number of amides is 1. The molecule has 2 atom stereocenters. The average Bonchev–Trinajstić information content (AvgIpc) is 3.08. The third kappa shape index (κ3) is 4.69. The Bertz CT molecular complexity index is 348. The quantitative estimate of drug-likeness (QED) is 0.818. The lowest BCUT2D eigenvalue weighted by atomic mass is 9.88. The highest BCUT2D eigenvalue weighted by molar-refractivity contribution is 5.81. The monoisotopic (exact) mass is 307 g/mol. The van der Waals surface area contributed by atoms with Crippen molar-refractivity contribution >= 4 is 5.91 Å². The molecule has 4 nitrogen and oxygen atoms in total. The smallest absolute Gasteiger partial charge is 0.237 e. The van der Waals surface area contributed by atoms with E-state index in [0.29, 0.717) is 5.92 Å². The van der Waals surface area contributed by atoms with Gasteiger partial charge in [-0.15, -0.1) is 0 Å². The van der Waals surface area contributed by atoms with Crippen LogP contribution in [0.4, 0.5) is 0 Å². The first kappa shape index (κ1) is 16.3. The Labute approximate surface area is 135 Å². The summed E-state index contributed by atoms with van der Waals surface area (Å²) in [5.74, 6) is 1.81. The minimum atomic E-state index is 0.0712. The number of likely N-dealkylation sites (tertiary alicyclic amines) is 1. The molecule has 0 spiro atoms. The molecule has 0 aromatic heterocycles. The van der Waals surface area contributed by atoms with Crippen LogP contribution in [0, 0.1) is 11.8 Å². The van der Waals surface area contributed by atoms with Crippen molar-refractivity contribution in [3.63, 3.8) is 0 Å². The van der Waals surface area contributed by atoms with Crippen LogP contribution in [0.1, 0.15) is 57.8 Å². The first-order valence-electron chi connectivity index (χ1n) is 9.55. The highest BCUT2D eigenvalue weighted by Gasteiger charge is 2.26. The number of hydrogen-bond acceptors (Lipinski definition) is 3. The van der Waals surface area contributed by atoms with E-state index in [1.54, 1.807) is 0 Å². The molecule has 0 radical (unpaired) electrons. The summed E-state index contributed by atoms with van der Waals surface area (Å²) in [5, 5.41) is 6.47. The molecule has 1 saturated carbocycles. The van der Waals surface area contributed by atoms with Crippen LogP contribution >= 0.6 is 0 Å². The molecule has 2 N–H and O–H groups in total. The Morgan fingerprint density at radius 1 is 1.00 bits per heavy atom. The van der Waals surface area contributed by atoms with Gasteiger partial charge in [0.2, 0.25) is 5.91 Å². The van der Waals surface area contributed by atoms with E-state index in [-0.39, 0.29) is 11.9 Å². The summed E-state index contributed by atoms with van der Waals surface area (Å²) in [6.45, 7) is 5.63. The van der Waals surface area contributed by atoms with Crippen LogP contribution < -0.4 is 10.6 Å². The van der Waals surface area contributed by atoms with E-state index in [2.05, 4.69) is 15.5 Å². The first-order valence-corrected chi connectivity index (χ1v) is 9.55. The highest BCUT2D eigenvalue weighted by atomic mass is 16.2. The topological polar surface area (TPSA) is 44.4 Å². The normalized spacial score (nSPS) is 31.3. The zero-order valence-electron chi connectivity index (χ0n) is 14.0. The summed E-state index contributed by atoms with van der Waals surface area (Å²) in [6, 6.07) is 0.0712. The van der Waals surface area contributed by atoms with Crippen molar-refractivity contribution < 1.29 is 4.79 Å². The maximum absolute atomic E-state index is 12.1. The molecule has 126 valence electrons. The molecule has 0 unspecified atom stereocenters. The molecule has 3 rings (SSSR count). The van der Waals surface area contributed by atoms with E-state index >= 15 is 0 Å². The third-order valence-corrected chi connectivity index (χ3v) is 5.79. The van der Waals surface area contributed by atoms with Gasteiger partial charge in [0.05, 0.1) is 6.04 Å². The van der Waals surface area contributed by atoms with Gasteiger partial charge in [-0.1, -0.05) is 19.3 Å². The molecule has 1 amide bonds. The number of rotatable bonds is 5. The number of carbonyl (C=O) groups is 1. The molecular formula is C18H33N3O. The summed E-state index contributed by atoms with van der Waals surface area (Å²) in [5.41, 5.74) is 0. The van der Waals surface area contributed by atoms with Crippen molar-refractivity contribution in [2.75, 3.05) is 32.7 Å².